The molecule has 4 heterocycles. The molecule has 0 aliphatic heterocycles. The number of hydrogen-bond donors (Lipinski definition) is 3. The van der Waals surface area contributed by atoms with Gasteiger partial charge >= 0.3 is 0 Å². The first kappa shape index (κ1) is 21.7. The van der Waals surface area contributed by atoms with Crippen molar-refractivity contribution in [3.8, 4) is 0 Å². The third-order valence-electron chi connectivity index (χ3n) is 5.88. The van der Waals surface area contributed by atoms with Crippen LogP contribution in [0.15, 0.2) is 42.0 Å². The van der Waals surface area contributed by atoms with Gasteiger partial charge in [0, 0.05) is 18.3 Å². The Kier molecular flexibility index (Phi) is 5.94. The van der Waals surface area contributed by atoms with E-state index in [1.807, 2.05) is 11.4 Å². The molecule has 8 nitrogen and oxygen atoms in total. The highest BCUT2D eigenvalue weighted by Crippen LogP contribution is 2.37. The monoisotopic (exact) mass is 479 g/mol. The average Bonchev–Trinajstić information content (AvgIpc) is 3.46. The van der Waals surface area contributed by atoms with Gasteiger partial charge in [0.15, 0.2) is 0 Å². The van der Waals surface area contributed by atoms with E-state index in [1.54, 1.807) is 41.9 Å². The molecule has 0 radical (unpaired) electrons. The van der Waals surface area contributed by atoms with Gasteiger partial charge in [0.05, 0.1) is 22.1 Å². The maximum atomic E-state index is 12.5. The molecule has 0 saturated heterocycles. The summed E-state index contributed by atoms with van der Waals surface area (Å²) in [5, 5.41) is 12.4. The fraction of sp³-hybridized carbons (Fsp3) is 0.348. The van der Waals surface area contributed by atoms with Crippen LogP contribution in [0, 0.1) is 5.41 Å². The van der Waals surface area contributed by atoms with Crippen molar-refractivity contribution in [3.05, 3.63) is 47.7 Å². The maximum Gasteiger partial charge on any atom is 0.275 e. The highest BCUT2D eigenvalue weighted by atomic mass is 32.1. The number of pyridine rings is 1. The summed E-state index contributed by atoms with van der Waals surface area (Å²) < 4.78 is 5.33. The summed E-state index contributed by atoms with van der Waals surface area (Å²) in [6, 6.07) is 7.66. The second-order valence-corrected chi connectivity index (χ2v) is 10.7. The molecule has 33 heavy (non-hydrogen) atoms. The fourth-order valence-corrected chi connectivity index (χ4v) is 5.35. The maximum absolute atomic E-state index is 12.5. The Hall–Kier alpha value is -3.11. The number of rotatable bonds is 6. The number of amides is 1. The zero-order valence-electron chi connectivity index (χ0n) is 18.5. The van der Waals surface area contributed by atoms with E-state index in [2.05, 4.69) is 44.1 Å². The predicted molar refractivity (Wildman–Crippen MR) is 135 cm³/mol. The molecule has 1 fully saturated rings. The molecule has 0 bridgehead atoms. The van der Waals surface area contributed by atoms with E-state index in [1.165, 1.54) is 24.4 Å². The minimum atomic E-state index is -0.288. The van der Waals surface area contributed by atoms with E-state index in [9.17, 15) is 4.79 Å². The van der Waals surface area contributed by atoms with Gasteiger partial charge < -0.3 is 16.0 Å². The Balaban J connectivity index is 1.31. The molecule has 0 aromatic carbocycles. The smallest absolute Gasteiger partial charge is 0.275 e. The highest BCUT2D eigenvalue weighted by Gasteiger charge is 2.27. The minimum Gasteiger partial charge on any atom is -0.366 e. The van der Waals surface area contributed by atoms with Crippen LogP contribution in [-0.4, -0.2) is 31.3 Å². The summed E-state index contributed by atoms with van der Waals surface area (Å²) in [6.07, 6.45) is 7.93. The van der Waals surface area contributed by atoms with Crippen molar-refractivity contribution in [2.75, 3.05) is 16.0 Å². The molecule has 0 unspecified atom stereocenters. The van der Waals surface area contributed by atoms with Crippen molar-refractivity contribution >= 4 is 61.4 Å². The summed E-state index contributed by atoms with van der Waals surface area (Å²) in [5.41, 5.74) is 2.27. The van der Waals surface area contributed by atoms with Gasteiger partial charge in [-0.1, -0.05) is 13.8 Å². The van der Waals surface area contributed by atoms with E-state index in [4.69, 9.17) is 4.98 Å². The van der Waals surface area contributed by atoms with Gasteiger partial charge in [0.2, 0.25) is 5.95 Å². The normalized spacial score (nSPS) is 15.9. The number of fused-ring (bicyclic) bond motifs is 1. The van der Waals surface area contributed by atoms with Gasteiger partial charge in [-0.2, -0.15) is 9.36 Å². The quantitative estimate of drug-likeness (QED) is 0.315. The topological polar surface area (TPSA) is 105 Å². The van der Waals surface area contributed by atoms with Crippen LogP contribution < -0.4 is 16.0 Å². The average molecular weight is 480 g/mol. The van der Waals surface area contributed by atoms with E-state index in [-0.39, 0.29) is 5.91 Å². The van der Waals surface area contributed by atoms with Crippen molar-refractivity contribution in [3.63, 3.8) is 0 Å². The van der Waals surface area contributed by atoms with Gasteiger partial charge in [0.1, 0.15) is 16.5 Å². The van der Waals surface area contributed by atoms with Gasteiger partial charge in [0.25, 0.3) is 5.91 Å². The molecular weight excluding hydrogens is 454 g/mol. The molecule has 0 atom stereocenters. The first-order valence-corrected chi connectivity index (χ1v) is 12.6. The zero-order chi connectivity index (χ0) is 22.8. The lowest BCUT2D eigenvalue weighted by atomic mass is 9.75. The summed E-state index contributed by atoms with van der Waals surface area (Å²) >= 11 is 2.84. The number of carbonyl (C=O) groups is 1. The van der Waals surface area contributed by atoms with Crippen molar-refractivity contribution in [1.29, 1.82) is 0 Å². The number of nitrogens with one attached hydrogen (secondary N) is 3. The molecule has 1 amide bonds. The largest absolute Gasteiger partial charge is 0.366 e. The van der Waals surface area contributed by atoms with Crippen LogP contribution in [0.4, 0.5) is 22.5 Å². The minimum absolute atomic E-state index is 0.288. The predicted octanol–water partition coefficient (Wildman–Crippen LogP) is 5.92. The Morgan fingerprint density at radius 1 is 1.18 bits per heavy atom. The molecule has 3 N–H and O–H groups in total. The molecule has 5 rings (SSSR count). The van der Waals surface area contributed by atoms with Gasteiger partial charge in [-0.15, -0.1) is 11.3 Å². The standard InChI is InChI=1S/C23H25N7OS2/c1-23(2)8-5-14(6-9-23)25-20-19-16(7-11-32-19)27-22(29-20)28-18-12-17(30-33-18)21(31)26-15-4-3-10-24-13-15/h3-4,7,10-14H,5-6,8-9H2,1-2H3,(H,26,31)(H2,25,27,28,29). The molecular formula is C23H25N7OS2. The van der Waals surface area contributed by atoms with Crippen molar-refractivity contribution in [2.24, 2.45) is 5.41 Å². The van der Waals surface area contributed by atoms with Crippen LogP contribution in [0.2, 0.25) is 0 Å². The molecule has 0 spiro atoms. The molecule has 1 aliphatic rings. The SMILES string of the molecule is CC1(C)CCC(Nc2nc(Nc3cc(C(=O)Nc4cccnc4)ns3)nc3ccsc23)CC1. The van der Waals surface area contributed by atoms with Gasteiger partial charge in [-0.3, -0.25) is 9.78 Å². The fourth-order valence-electron chi connectivity index (χ4n) is 3.94. The number of thiophene rings is 1. The Labute approximate surface area is 200 Å². The van der Waals surface area contributed by atoms with Crippen LogP contribution >= 0.6 is 22.9 Å². The molecule has 1 saturated carbocycles. The summed E-state index contributed by atoms with van der Waals surface area (Å²) in [6.45, 7) is 4.68. The number of nitrogens with zero attached hydrogens (tertiary/aromatic N) is 4. The summed E-state index contributed by atoms with van der Waals surface area (Å²) in [4.78, 5) is 25.9. The molecule has 4 aromatic heterocycles. The Morgan fingerprint density at radius 3 is 2.82 bits per heavy atom. The van der Waals surface area contributed by atoms with Crippen LogP contribution in [0.3, 0.4) is 0 Å². The zero-order valence-corrected chi connectivity index (χ0v) is 20.1. The first-order chi connectivity index (χ1) is 15.9. The third kappa shape index (κ3) is 5.12. The summed E-state index contributed by atoms with van der Waals surface area (Å²) in [5.74, 6) is 1.06. The van der Waals surface area contributed by atoms with Crippen LogP contribution in [-0.2, 0) is 0 Å². The molecule has 1 aliphatic carbocycles. The van der Waals surface area contributed by atoms with E-state index < -0.39 is 0 Å². The van der Waals surface area contributed by atoms with Crippen LogP contribution in [0.1, 0.15) is 50.0 Å². The number of hydrogen-bond acceptors (Lipinski definition) is 9. The lowest BCUT2D eigenvalue weighted by molar-refractivity contribution is 0.102. The number of carbonyl (C=O) groups excluding carboxylic acids is 1. The lowest BCUT2D eigenvalue weighted by Gasteiger charge is -2.34. The van der Waals surface area contributed by atoms with E-state index in [0.29, 0.717) is 33.8 Å². The lowest BCUT2D eigenvalue weighted by Crippen LogP contribution is -2.30. The van der Waals surface area contributed by atoms with Crippen LogP contribution in [0.25, 0.3) is 10.2 Å². The van der Waals surface area contributed by atoms with Crippen LogP contribution in [0.5, 0.6) is 0 Å². The van der Waals surface area contributed by atoms with Crippen molar-refractivity contribution in [2.45, 2.75) is 45.6 Å². The van der Waals surface area contributed by atoms with Gasteiger partial charge in [-0.25, -0.2) is 4.98 Å². The van der Waals surface area contributed by atoms with E-state index in [0.717, 1.165) is 28.9 Å². The molecule has 4 aromatic rings. The molecule has 170 valence electrons. The number of aromatic nitrogens is 4. The first-order valence-electron chi connectivity index (χ1n) is 10.9. The molecule has 10 heteroatoms. The second-order valence-electron chi connectivity index (χ2n) is 9.01. The van der Waals surface area contributed by atoms with Crippen molar-refractivity contribution < 1.29 is 4.79 Å². The number of anilines is 4. The highest BCUT2D eigenvalue weighted by molar-refractivity contribution is 7.17. The second kappa shape index (κ2) is 9.03. The Morgan fingerprint density at radius 2 is 2.03 bits per heavy atom. The van der Waals surface area contributed by atoms with Crippen molar-refractivity contribution in [1.82, 2.24) is 19.3 Å². The van der Waals surface area contributed by atoms with Gasteiger partial charge in [-0.05, 0) is 66.2 Å². The van der Waals surface area contributed by atoms with E-state index >= 15 is 0 Å². The summed E-state index contributed by atoms with van der Waals surface area (Å²) in [7, 11) is 0. The third-order valence-corrected chi connectivity index (χ3v) is 7.50. The Bertz CT molecular complexity index is 1260.